The fourth-order valence-corrected chi connectivity index (χ4v) is 3.87. The topological polar surface area (TPSA) is 59.2 Å². The van der Waals surface area contributed by atoms with Gasteiger partial charge in [-0.25, -0.2) is 0 Å². The molecule has 5 heteroatoms. The van der Waals surface area contributed by atoms with Gasteiger partial charge in [0.1, 0.15) is 6.54 Å². The van der Waals surface area contributed by atoms with Gasteiger partial charge in [-0.2, -0.15) is 4.98 Å². The van der Waals surface area contributed by atoms with Crippen LogP contribution < -0.4 is 0 Å². The second kappa shape index (κ2) is 8.38. The second-order valence-corrected chi connectivity index (χ2v) is 7.47. The predicted octanol–water partition coefficient (Wildman–Crippen LogP) is 5.02. The predicted molar refractivity (Wildman–Crippen MR) is 108 cm³/mol. The summed E-state index contributed by atoms with van der Waals surface area (Å²) in [4.78, 5) is 19.8. The van der Waals surface area contributed by atoms with Gasteiger partial charge in [-0.1, -0.05) is 72.4 Å². The molecule has 0 saturated heterocycles. The lowest BCUT2D eigenvalue weighted by Crippen LogP contribution is -2.41. The summed E-state index contributed by atoms with van der Waals surface area (Å²) in [7, 11) is 0. The van der Waals surface area contributed by atoms with E-state index < -0.39 is 0 Å². The molecule has 5 nitrogen and oxygen atoms in total. The number of hydrogen-bond acceptors (Lipinski definition) is 4. The van der Waals surface area contributed by atoms with Crippen LogP contribution in [0.1, 0.15) is 53.9 Å². The molecular weight excluding hydrogens is 350 g/mol. The number of amides is 1. The van der Waals surface area contributed by atoms with Gasteiger partial charge < -0.3 is 9.42 Å². The van der Waals surface area contributed by atoms with Crippen LogP contribution in [-0.4, -0.2) is 27.0 Å². The van der Waals surface area contributed by atoms with E-state index in [0.29, 0.717) is 23.8 Å². The molecule has 1 aliphatic carbocycles. The Morgan fingerprint density at radius 2 is 1.86 bits per heavy atom. The largest absolute Gasteiger partial charge is 0.337 e. The third-order valence-electron chi connectivity index (χ3n) is 5.35. The van der Waals surface area contributed by atoms with Crippen LogP contribution >= 0.6 is 0 Å². The average molecular weight is 375 g/mol. The first-order chi connectivity index (χ1) is 13.7. The van der Waals surface area contributed by atoms with Crippen molar-refractivity contribution in [3.05, 3.63) is 71.6 Å². The molecule has 0 radical (unpaired) electrons. The van der Waals surface area contributed by atoms with Gasteiger partial charge in [0.2, 0.25) is 11.7 Å². The molecule has 0 aliphatic heterocycles. The highest BCUT2D eigenvalue weighted by molar-refractivity contribution is 5.94. The van der Waals surface area contributed by atoms with Gasteiger partial charge >= 0.3 is 0 Å². The summed E-state index contributed by atoms with van der Waals surface area (Å²) in [6.45, 7) is 2.35. The van der Waals surface area contributed by atoms with Crippen LogP contribution in [0.2, 0.25) is 0 Å². The molecule has 28 heavy (non-hydrogen) atoms. The van der Waals surface area contributed by atoms with Crippen LogP contribution in [0.25, 0.3) is 11.4 Å². The smallest absolute Gasteiger partial charge is 0.254 e. The SMILES string of the molecule is Cc1cccc(C(=O)N(Cc2nc(-c3ccccc3)no2)C2CCCCC2)c1. The van der Waals surface area contributed by atoms with Crippen molar-refractivity contribution >= 4 is 5.91 Å². The van der Waals surface area contributed by atoms with Crippen LogP contribution in [-0.2, 0) is 6.54 Å². The number of aryl methyl sites for hydroxylation is 1. The maximum atomic E-state index is 13.3. The molecule has 2 aromatic carbocycles. The van der Waals surface area contributed by atoms with Gasteiger partial charge in [-0.3, -0.25) is 4.79 Å². The summed E-state index contributed by atoms with van der Waals surface area (Å²) in [5.74, 6) is 1.07. The summed E-state index contributed by atoms with van der Waals surface area (Å²) in [5.41, 5.74) is 2.71. The lowest BCUT2D eigenvalue weighted by molar-refractivity contribution is 0.0586. The van der Waals surface area contributed by atoms with E-state index >= 15 is 0 Å². The van der Waals surface area contributed by atoms with E-state index in [9.17, 15) is 4.79 Å². The first kappa shape index (κ1) is 18.4. The number of benzene rings is 2. The Morgan fingerprint density at radius 1 is 1.07 bits per heavy atom. The van der Waals surface area contributed by atoms with E-state index in [1.54, 1.807) is 0 Å². The standard InChI is InChI=1S/C23H25N3O2/c1-17-9-8-12-19(15-17)23(27)26(20-13-6-3-7-14-20)16-21-24-22(25-28-21)18-10-4-2-5-11-18/h2,4-5,8-12,15,20H,3,6-7,13-14,16H2,1H3. The minimum absolute atomic E-state index is 0.0371. The molecule has 0 spiro atoms. The Hall–Kier alpha value is -2.95. The normalized spacial score (nSPS) is 14.8. The minimum Gasteiger partial charge on any atom is -0.337 e. The van der Waals surface area contributed by atoms with Gasteiger partial charge in [0.15, 0.2) is 0 Å². The van der Waals surface area contributed by atoms with E-state index in [-0.39, 0.29) is 11.9 Å². The molecule has 3 aromatic rings. The van der Waals surface area contributed by atoms with E-state index in [1.165, 1.54) is 6.42 Å². The zero-order chi connectivity index (χ0) is 19.3. The Morgan fingerprint density at radius 3 is 2.61 bits per heavy atom. The number of nitrogens with zero attached hydrogens (tertiary/aromatic N) is 3. The molecule has 1 heterocycles. The quantitative estimate of drug-likeness (QED) is 0.628. The highest BCUT2D eigenvalue weighted by Gasteiger charge is 2.28. The maximum absolute atomic E-state index is 13.3. The van der Waals surface area contributed by atoms with E-state index in [1.807, 2.05) is 66.4 Å². The molecule has 1 aliphatic rings. The van der Waals surface area contributed by atoms with Crippen molar-refractivity contribution in [3.63, 3.8) is 0 Å². The zero-order valence-corrected chi connectivity index (χ0v) is 16.2. The molecule has 1 amide bonds. The summed E-state index contributed by atoms with van der Waals surface area (Å²) in [6.07, 6.45) is 5.60. The van der Waals surface area contributed by atoms with Crippen LogP contribution in [0.4, 0.5) is 0 Å². The van der Waals surface area contributed by atoms with Crippen molar-refractivity contribution in [3.8, 4) is 11.4 Å². The molecule has 0 atom stereocenters. The molecular formula is C23H25N3O2. The first-order valence-electron chi connectivity index (χ1n) is 9.96. The highest BCUT2D eigenvalue weighted by atomic mass is 16.5. The number of carbonyl (C=O) groups excluding carboxylic acids is 1. The highest BCUT2D eigenvalue weighted by Crippen LogP contribution is 2.26. The summed E-state index contributed by atoms with van der Waals surface area (Å²) >= 11 is 0. The lowest BCUT2D eigenvalue weighted by atomic mass is 9.93. The summed E-state index contributed by atoms with van der Waals surface area (Å²) in [6, 6.07) is 17.7. The lowest BCUT2D eigenvalue weighted by Gasteiger charge is -2.33. The van der Waals surface area contributed by atoms with Crippen LogP contribution in [0, 0.1) is 6.92 Å². The van der Waals surface area contributed by atoms with Gasteiger partial charge in [0.25, 0.3) is 5.91 Å². The number of rotatable bonds is 5. The molecule has 0 N–H and O–H groups in total. The summed E-state index contributed by atoms with van der Waals surface area (Å²) in [5, 5.41) is 4.11. The summed E-state index contributed by atoms with van der Waals surface area (Å²) < 4.78 is 5.50. The Bertz CT molecular complexity index is 930. The Labute approximate surface area is 165 Å². The maximum Gasteiger partial charge on any atom is 0.254 e. The molecule has 1 saturated carbocycles. The monoisotopic (exact) mass is 375 g/mol. The van der Waals surface area contributed by atoms with Gasteiger partial charge in [0.05, 0.1) is 0 Å². The Kier molecular flexibility index (Phi) is 5.51. The van der Waals surface area contributed by atoms with E-state index in [4.69, 9.17) is 4.52 Å². The first-order valence-corrected chi connectivity index (χ1v) is 9.96. The zero-order valence-electron chi connectivity index (χ0n) is 16.2. The molecule has 0 bridgehead atoms. The van der Waals surface area contributed by atoms with Crippen molar-refractivity contribution in [2.75, 3.05) is 0 Å². The van der Waals surface area contributed by atoms with Crippen LogP contribution in [0.5, 0.6) is 0 Å². The molecule has 144 valence electrons. The van der Waals surface area contributed by atoms with Crippen molar-refractivity contribution in [2.24, 2.45) is 0 Å². The van der Waals surface area contributed by atoms with Crippen LogP contribution in [0.3, 0.4) is 0 Å². The Balaban J connectivity index is 1.59. The van der Waals surface area contributed by atoms with Gasteiger partial charge in [-0.05, 0) is 31.9 Å². The van der Waals surface area contributed by atoms with Gasteiger partial charge in [0, 0.05) is 17.2 Å². The van der Waals surface area contributed by atoms with Crippen molar-refractivity contribution < 1.29 is 9.32 Å². The van der Waals surface area contributed by atoms with Crippen LogP contribution in [0.15, 0.2) is 59.1 Å². The number of hydrogen-bond donors (Lipinski definition) is 0. The number of carbonyl (C=O) groups is 1. The van der Waals surface area contributed by atoms with Crippen molar-refractivity contribution in [1.82, 2.24) is 15.0 Å². The molecule has 1 fully saturated rings. The van der Waals surface area contributed by atoms with Crippen molar-refractivity contribution in [2.45, 2.75) is 51.6 Å². The fraction of sp³-hybridized carbons (Fsp3) is 0.348. The fourth-order valence-electron chi connectivity index (χ4n) is 3.87. The third-order valence-corrected chi connectivity index (χ3v) is 5.35. The van der Waals surface area contributed by atoms with Crippen molar-refractivity contribution in [1.29, 1.82) is 0 Å². The third kappa shape index (κ3) is 4.14. The second-order valence-electron chi connectivity index (χ2n) is 7.47. The average Bonchev–Trinajstić information content (AvgIpc) is 3.22. The molecule has 0 unspecified atom stereocenters. The molecule has 1 aromatic heterocycles. The number of aromatic nitrogens is 2. The van der Waals surface area contributed by atoms with E-state index in [0.717, 1.165) is 36.8 Å². The van der Waals surface area contributed by atoms with E-state index in [2.05, 4.69) is 10.1 Å². The van der Waals surface area contributed by atoms with Gasteiger partial charge in [-0.15, -0.1) is 0 Å². The molecule has 4 rings (SSSR count). The minimum atomic E-state index is 0.0371.